The lowest BCUT2D eigenvalue weighted by atomic mass is 10.1. The highest BCUT2D eigenvalue weighted by molar-refractivity contribution is 9.09. The Morgan fingerprint density at radius 1 is 0.809 bits per heavy atom. The second-order valence-corrected chi connectivity index (χ2v) is 12.1. The molecule has 0 unspecified atom stereocenters. The van der Waals surface area contributed by atoms with Crippen molar-refractivity contribution in [2.24, 2.45) is 0 Å². The Labute approximate surface area is 283 Å². The van der Waals surface area contributed by atoms with Gasteiger partial charge in [-0.05, 0) is 50.5 Å². The summed E-state index contributed by atoms with van der Waals surface area (Å²) >= 11 is 3.47. The van der Waals surface area contributed by atoms with Crippen LogP contribution in [0.15, 0.2) is 65.6 Å². The summed E-state index contributed by atoms with van der Waals surface area (Å²) in [6, 6.07) is 13.4. The van der Waals surface area contributed by atoms with Gasteiger partial charge in [0.2, 0.25) is 5.43 Å². The normalized spacial score (nSPS) is 11.1. The summed E-state index contributed by atoms with van der Waals surface area (Å²) in [5.74, 6) is -0.634. The summed E-state index contributed by atoms with van der Waals surface area (Å²) in [6.07, 6.45) is 10.0. The van der Waals surface area contributed by atoms with Crippen LogP contribution in [0, 0.1) is 11.6 Å². The van der Waals surface area contributed by atoms with Crippen LogP contribution in [0.3, 0.4) is 0 Å². The van der Waals surface area contributed by atoms with Gasteiger partial charge >= 0.3 is 0 Å². The van der Waals surface area contributed by atoms with Crippen LogP contribution in [0.4, 0.5) is 14.5 Å². The average Bonchev–Trinajstić information content (AvgIpc) is 3.06. The van der Waals surface area contributed by atoms with E-state index in [9.17, 15) is 18.4 Å². The molecule has 4 aromatic rings. The number of anilines is 1. The molecule has 47 heavy (non-hydrogen) atoms. The molecule has 1 heterocycles. The molecule has 252 valence electrons. The summed E-state index contributed by atoms with van der Waals surface area (Å²) in [5.41, 5.74) is 0.463. The molecule has 4 rings (SSSR count). The number of aromatic nitrogens is 1. The Morgan fingerprint density at radius 2 is 1.47 bits per heavy atom. The van der Waals surface area contributed by atoms with Gasteiger partial charge in [-0.1, -0.05) is 55.0 Å². The van der Waals surface area contributed by atoms with Gasteiger partial charge in [-0.15, -0.1) is 0 Å². The van der Waals surface area contributed by atoms with E-state index in [1.54, 1.807) is 48.9 Å². The zero-order valence-electron chi connectivity index (χ0n) is 27.3. The minimum absolute atomic E-state index is 0.0147. The van der Waals surface area contributed by atoms with Gasteiger partial charge in [0, 0.05) is 59.5 Å². The van der Waals surface area contributed by atoms with E-state index >= 15 is 0 Å². The van der Waals surface area contributed by atoms with Crippen LogP contribution < -0.4 is 24.5 Å². The van der Waals surface area contributed by atoms with Crippen molar-refractivity contribution in [3.8, 4) is 22.9 Å². The second kappa shape index (κ2) is 17.8. The lowest BCUT2D eigenvalue weighted by molar-refractivity contribution is 0.0987. The molecule has 0 spiro atoms. The van der Waals surface area contributed by atoms with E-state index in [-0.39, 0.29) is 23.2 Å². The van der Waals surface area contributed by atoms with Gasteiger partial charge in [0.1, 0.15) is 34.4 Å². The number of nitrogens with zero attached hydrogens (tertiary/aromatic N) is 2. The highest BCUT2D eigenvalue weighted by Crippen LogP contribution is 2.30. The van der Waals surface area contributed by atoms with Crippen LogP contribution in [0.2, 0.25) is 0 Å². The number of ether oxygens (including phenoxy) is 3. The van der Waals surface area contributed by atoms with Gasteiger partial charge in [-0.3, -0.25) is 9.59 Å². The van der Waals surface area contributed by atoms with Crippen LogP contribution in [0.25, 0.3) is 16.6 Å². The molecule has 0 aliphatic rings. The monoisotopic (exact) mass is 712 g/mol. The third-order valence-electron chi connectivity index (χ3n) is 7.87. The number of unbranched alkanes of at least 4 members (excludes halogenated alkanes) is 6. The van der Waals surface area contributed by atoms with E-state index in [1.807, 2.05) is 6.07 Å². The molecule has 0 aliphatic carbocycles. The molecular formula is C37H43BrF2N2O5. The van der Waals surface area contributed by atoms with E-state index in [2.05, 4.69) is 22.9 Å². The van der Waals surface area contributed by atoms with Crippen molar-refractivity contribution >= 4 is 38.4 Å². The quantitative estimate of drug-likeness (QED) is 0.0760. The average molecular weight is 714 g/mol. The standard InChI is InChI=1S/C37H43BrF2N2O5/c1-4-6-16-47-32-22-29(21-31(23-32)45-3)42-25-34(37(44)41(5-2)28-19-26(39)18-27(40)20-28)36(43)33-14-13-30(24-35(33)42)46-17-12-10-8-7-9-11-15-38/h13-14,18-25H,4-12,15-17H2,1-3H3. The molecule has 0 aliphatic heterocycles. The van der Waals surface area contributed by atoms with Crippen LogP contribution in [0.1, 0.15) is 75.6 Å². The smallest absolute Gasteiger partial charge is 0.263 e. The Morgan fingerprint density at radius 3 is 2.15 bits per heavy atom. The number of fused-ring (bicyclic) bond motifs is 1. The van der Waals surface area contributed by atoms with Crippen LogP contribution in [-0.2, 0) is 0 Å². The first kappa shape index (κ1) is 35.9. The highest BCUT2D eigenvalue weighted by Gasteiger charge is 2.24. The summed E-state index contributed by atoms with van der Waals surface area (Å²) < 4.78 is 47.7. The van der Waals surface area contributed by atoms with Crippen LogP contribution >= 0.6 is 15.9 Å². The molecule has 1 aromatic heterocycles. The number of rotatable bonds is 18. The molecular weight excluding hydrogens is 670 g/mol. The lowest BCUT2D eigenvalue weighted by Crippen LogP contribution is -2.35. The molecule has 3 aromatic carbocycles. The van der Waals surface area contributed by atoms with E-state index in [4.69, 9.17) is 14.2 Å². The first-order chi connectivity index (χ1) is 22.8. The van der Waals surface area contributed by atoms with Crippen LogP contribution in [-0.4, -0.2) is 42.7 Å². The fourth-order valence-electron chi connectivity index (χ4n) is 5.37. The molecule has 0 N–H and O–H groups in total. The number of benzene rings is 3. The van der Waals surface area contributed by atoms with E-state index in [0.717, 1.165) is 55.6 Å². The molecule has 0 saturated carbocycles. The Bertz CT molecular complexity index is 1690. The molecule has 0 radical (unpaired) electrons. The number of methoxy groups -OCH3 is 1. The number of carbonyl (C=O) groups excluding carboxylic acids is 1. The maximum Gasteiger partial charge on any atom is 0.263 e. The van der Waals surface area contributed by atoms with Gasteiger partial charge < -0.3 is 23.7 Å². The van der Waals surface area contributed by atoms with Gasteiger partial charge in [0.05, 0.1) is 31.5 Å². The van der Waals surface area contributed by atoms with Crippen molar-refractivity contribution in [1.29, 1.82) is 0 Å². The third kappa shape index (κ3) is 9.56. The first-order valence-corrected chi connectivity index (χ1v) is 17.4. The van der Waals surface area contributed by atoms with Crippen molar-refractivity contribution in [2.45, 2.75) is 65.2 Å². The fourth-order valence-corrected chi connectivity index (χ4v) is 5.77. The SMILES string of the molecule is CCCCOc1cc(OC)cc(-n2cc(C(=O)N(CC)c3cc(F)cc(F)c3)c(=O)c3ccc(OCCCCCCCCBr)cc32)c1. The maximum atomic E-state index is 14.1. The van der Waals surface area contributed by atoms with E-state index in [0.29, 0.717) is 41.7 Å². The largest absolute Gasteiger partial charge is 0.497 e. The molecule has 0 saturated heterocycles. The predicted octanol–water partition coefficient (Wildman–Crippen LogP) is 9.24. The minimum atomic E-state index is -0.823. The molecule has 7 nitrogen and oxygen atoms in total. The summed E-state index contributed by atoms with van der Waals surface area (Å²) in [4.78, 5) is 29.1. The Hall–Kier alpha value is -3.92. The number of alkyl halides is 1. The number of carbonyl (C=O) groups is 1. The number of halogens is 3. The van der Waals surface area contributed by atoms with Crippen molar-refractivity contribution in [3.63, 3.8) is 0 Å². The van der Waals surface area contributed by atoms with Crippen molar-refractivity contribution in [3.05, 3.63) is 88.2 Å². The molecule has 0 bridgehead atoms. The maximum absolute atomic E-state index is 14.1. The third-order valence-corrected chi connectivity index (χ3v) is 8.43. The molecule has 10 heteroatoms. The Kier molecular flexibility index (Phi) is 13.6. The number of amides is 1. The molecule has 0 fully saturated rings. The lowest BCUT2D eigenvalue weighted by Gasteiger charge is -2.22. The number of hydrogen-bond donors (Lipinski definition) is 0. The summed E-state index contributed by atoms with van der Waals surface area (Å²) in [5, 5.41) is 1.32. The van der Waals surface area contributed by atoms with Crippen LogP contribution in [0.5, 0.6) is 17.2 Å². The van der Waals surface area contributed by atoms with Crippen molar-refractivity contribution < 1.29 is 27.8 Å². The molecule has 0 atom stereocenters. The second-order valence-electron chi connectivity index (χ2n) is 11.3. The summed E-state index contributed by atoms with van der Waals surface area (Å²) in [6.45, 7) is 4.89. The van der Waals surface area contributed by atoms with Gasteiger partial charge in [0.15, 0.2) is 0 Å². The number of pyridine rings is 1. The van der Waals surface area contributed by atoms with Gasteiger partial charge in [-0.25, -0.2) is 8.78 Å². The fraction of sp³-hybridized carbons (Fsp3) is 0.405. The van der Waals surface area contributed by atoms with Crippen molar-refractivity contribution in [1.82, 2.24) is 4.57 Å². The van der Waals surface area contributed by atoms with Gasteiger partial charge in [-0.2, -0.15) is 0 Å². The van der Waals surface area contributed by atoms with E-state index in [1.165, 1.54) is 30.4 Å². The summed E-state index contributed by atoms with van der Waals surface area (Å²) in [7, 11) is 1.55. The van der Waals surface area contributed by atoms with Gasteiger partial charge in [0.25, 0.3) is 5.91 Å². The zero-order valence-corrected chi connectivity index (χ0v) is 28.9. The first-order valence-electron chi connectivity index (χ1n) is 16.3. The van der Waals surface area contributed by atoms with E-state index < -0.39 is 23.0 Å². The van der Waals surface area contributed by atoms with Crippen molar-refractivity contribution in [2.75, 3.05) is 37.1 Å². The topological polar surface area (TPSA) is 70.0 Å². The highest BCUT2D eigenvalue weighted by atomic mass is 79.9. The number of hydrogen-bond acceptors (Lipinski definition) is 5. The Balaban J connectivity index is 1.77. The predicted molar refractivity (Wildman–Crippen MR) is 187 cm³/mol. The minimum Gasteiger partial charge on any atom is -0.497 e. The zero-order chi connectivity index (χ0) is 33.8. The molecule has 1 amide bonds.